The minimum atomic E-state index is -0.846. The summed E-state index contributed by atoms with van der Waals surface area (Å²) in [5, 5.41) is 0.743. The zero-order chi connectivity index (χ0) is 30.2. The van der Waals surface area contributed by atoms with Crippen LogP contribution in [-0.4, -0.2) is 42.3 Å². The van der Waals surface area contributed by atoms with Gasteiger partial charge in [-0.05, 0) is 44.0 Å². The number of rotatable bonds is 19. The van der Waals surface area contributed by atoms with E-state index in [0.29, 0.717) is 30.9 Å². The number of carbonyl (C=O) groups excluding carboxylic acids is 3. The van der Waals surface area contributed by atoms with Crippen LogP contribution in [-0.2, 0) is 20.8 Å². The molecule has 0 unspecified atom stereocenters. The smallest absolute Gasteiger partial charge is 0.482 e. The number of carbonyl (C=O) groups is 3. The topological polar surface area (TPSA) is 93.1 Å². The largest absolute Gasteiger partial charge is 0.515 e. The lowest BCUT2D eigenvalue weighted by atomic mass is 10.0. The molecule has 0 spiro atoms. The Morgan fingerprint density at radius 3 is 2.05 bits per heavy atom. The number of esters is 1. The summed E-state index contributed by atoms with van der Waals surface area (Å²) in [5.74, 6) is 0.248. The molecule has 1 aromatic heterocycles. The van der Waals surface area contributed by atoms with Crippen molar-refractivity contribution in [2.45, 2.75) is 91.5 Å². The highest BCUT2D eigenvalue weighted by Crippen LogP contribution is 2.35. The van der Waals surface area contributed by atoms with Gasteiger partial charge in [0, 0.05) is 11.8 Å². The van der Waals surface area contributed by atoms with Gasteiger partial charge in [0.25, 0.3) is 0 Å². The predicted octanol–water partition coefficient (Wildman–Crippen LogP) is 8.27. The van der Waals surface area contributed by atoms with Crippen LogP contribution in [0.3, 0.4) is 0 Å². The Kier molecular flexibility index (Phi) is 13.9. The molecule has 3 rings (SSSR count). The first-order chi connectivity index (χ1) is 20.5. The van der Waals surface area contributed by atoms with Crippen molar-refractivity contribution < 1.29 is 33.3 Å². The molecule has 0 aliphatic carbocycles. The van der Waals surface area contributed by atoms with Gasteiger partial charge in [-0.2, -0.15) is 0 Å². The summed E-state index contributed by atoms with van der Waals surface area (Å²) >= 11 is 0. The van der Waals surface area contributed by atoms with Gasteiger partial charge in [0.05, 0.1) is 30.8 Å². The molecule has 0 radical (unpaired) electrons. The summed E-state index contributed by atoms with van der Waals surface area (Å²) in [6.07, 6.45) is 10.0. The number of benzene rings is 2. The summed E-state index contributed by atoms with van der Waals surface area (Å²) in [7, 11) is 0. The van der Waals surface area contributed by atoms with Gasteiger partial charge in [0.2, 0.25) is 5.88 Å². The Bertz CT molecular complexity index is 1280. The van der Waals surface area contributed by atoms with Crippen molar-refractivity contribution in [3.63, 3.8) is 0 Å². The van der Waals surface area contributed by atoms with Crippen molar-refractivity contribution in [3.8, 4) is 11.6 Å². The summed E-state index contributed by atoms with van der Waals surface area (Å²) in [5.41, 5.74) is 2.09. The molecule has 0 amide bonds. The van der Waals surface area contributed by atoms with Crippen LogP contribution in [0.15, 0.2) is 48.5 Å². The predicted molar refractivity (Wildman–Crippen MR) is 163 cm³/mol. The van der Waals surface area contributed by atoms with E-state index in [1.807, 2.05) is 41.0 Å². The molecule has 8 heteroatoms. The van der Waals surface area contributed by atoms with Crippen molar-refractivity contribution in [3.05, 3.63) is 59.7 Å². The molecule has 8 nitrogen and oxygen atoms in total. The normalized spacial score (nSPS) is 10.9. The minimum absolute atomic E-state index is 0.0464. The van der Waals surface area contributed by atoms with Crippen molar-refractivity contribution in [1.82, 2.24) is 4.57 Å². The number of ether oxygens (including phenoxy) is 4. The zero-order valence-electron chi connectivity index (χ0n) is 25.3. The molecule has 0 aliphatic rings. The fraction of sp³-hybridized carbons (Fsp3) is 0.500. The molecule has 1 heterocycles. The number of Topliss-reactive ketones (excluding diaryl/α,β-unsaturated/α-hetero) is 1. The van der Waals surface area contributed by atoms with Crippen LogP contribution in [0.1, 0.15) is 101 Å². The van der Waals surface area contributed by atoms with E-state index >= 15 is 0 Å². The second kappa shape index (κ2) is 17.9. The van der Waals surface area contributed by atoms with E-state index in [-0.39, 0.29) is 24.9 Å². The maximum atomic E-state index is 13.6. The molecular formula is C34H45NO7. The quantitative estimate of drug-likeness (QED) is 0.0801. The Labute approximate surface area is 249 Å². The molecule has 3 aromatic rings. The monoisotopic (exact) mass is 579 g/mol. The standard InChI is InChI=1S/C34H45NO7/c1-4-7-8-9-10-11-12-13-14-19-30(36)32-28-17-15-16-18-29(28)35(33(32)42-34(38)40-6-3)24-26-20-22-27(23-21-26)41-25-31(37)39-5-2/h15-18,20-23H,4-14,19,24-25H2,1-3H3. The van der Waals surface area contributed by atoms with Gasteiger partial charge >= 0.3 is 12.1 Å². The highest BCUT2D eigenvalue weighted by Gasteiger charge is 2.26. The van der Waals surface area contributed by atoms with Crippen LogP contribution in [0.2, 0.25) is 0 Å². The molecule has 0 saturated carbocycles. The third-order valence-corrected chi connectivity index (χ3v) is 7.08. The Hall–Kier alpha value is -3.81. The first kappa shape index (κ1) is 32.7. The molecule has 0 saturated heterocycles. The van der Waals surface area contributed by atoms with Gasteiger partial charge in [0.1, 0.15) is 5.75 Å². The molecule has 228 valence electrons. The number of ketones is 1. The second-order valence-electron chi connectivity index (χ2n) is 10.3. The summed E-state index contributed by atoms with van der Waals surface area (Å²) in [4.78, 5) is 37.7. The lowest BCUT2D eigenvalue weighted by Crippen LogP contribution is -2.16. The van der Waals surface area contributed by atoms with Crippen LogP contribution < -0.4 is 9.47 Å². The van der Waals surface area contributed by atoms with Gasteiger partial charge in [0.15, 0.2) is 12.4 Å². The summed E-state index contributed by atoms with van der Waals surface area (Å²) < 4.78 is 23.0. The lowest BCUT2D eigenvalue weighted by Gasteiger charge is -2.13. The Morgan fingerprint density at radius 2 is 1.38 bits per heavy atom. The van der Waals surface area contributed by atoms with Crippen LogP contribution in [0.25, 0.3) is 10.9 Å². The molecule has 0 atom stereocenters. The van der Waals surface area contributed by atoms with Gasteiger partial charge in [-0.15, -0.1) is 0 Å². The average Bonchev–Trinajstić information content (AvgIpc) is 3.28. The van der Waals surface area contributed by atoms with E-state index in [1.165, 1.54) is 38.5 Å². The third-order valence-electron chi connectivity index (χ3n) is 7.08. The minimum Gasteiger partial charge on any atom is -0.482 e. The zero-order valence-corrected chi connectivity index (χ0v) is 25.3. The van der Waals surface area contributed by atoms with Crippen molar-refractivity contribution >= 4 is 28.8 Å². The van der Waals surface area contributed by atoms with E-state index in [0.717, 1.165) is 35.7 Å². The van der Waals surface area contributed by atoms with E-state index in [9.17, 15) is 14.4 Å². The molecule has 0 bridgehead atoms. The molecule has 42 heavy (non-hydrogen) atoms. The second-order valence-corrected chi connectivity index (χ2v) is 10.3. The van der Waals surface area contributed by atoms with Gasteiger partial charge in [-0.1, -0.05) is 88.6 Å². The Morgan fingerprint density at radius 1 is 0.738 bits per heavy atom. The highest BCUT2D eigenvalue weighted by atomic mass is 16.7. The Balaban J connectivity index is 1.77. The van der Waals surface area contributed by atoms with Gasteiger partial charge in [-0.3, -0.25) is 4.79 Å². The molecule has 2 aromatic carbocycles. The van der Waals surface area contributed by atoms with Crippen LogP contribution in [0.4, 0.5) is 4.79 Å². The van der Waals surface area contributed by atoms with Crippen molar-refractivity contribution in [2.75, 3.05) is 19.8 Å². The molecule has 0 N–H and O–H groups in total. The fourth-order valence-electron chi connectivity index (χ4n) is 4.98. The van der Waals surface area contributed by atoms with Crippen LogP contribution in [0, 0.1) is 0 Å². The molecule has 0 aliphatic heterocycles. The number of fused-ring (bicyclic) bond motifs is 1. The average molecular weight is 580 g/mol. The lowest BCUT2D eigenvalue weighted by molar-refractivity contribution is -0.145. The summed E-state index contributed by atoms with van der Waals surface area (Å²) in [6.45, 7) is 6.31. The van der Waals surface area contributed by atoms with E-state index in [1.54, 1.807) is 26.0 Å². The maximum Gasteiger partial charge on any atom is 0.515 e. The highest BCUT2D eigenvalue weighted by molar-refractivity contribution is 6.11. The van der Waals surface area contributed by atoms with Crippen molar-refractivity contribution in [2.24, 2.45) is 0 Å². The number of unbranched alkanes of at least 4 members (excludes halogenated alkanes) is 8. The van der Waals surface area contributed by atoms with Gasteiger partial charge in [-0.25, -0.2) is 9.59 Å². The fourth-order valence-corrected chi connectivity index (χ4v) is 4.98. The molecule has 0 fully saturated rings. The number of para-hydroxylation sites is 1. The van der Waals surface area contributed by atoms with Crippen molar-refractivity contribution in [1.29, 1.82) is 0 Å². The SMILES string of the molecule is CCCCCCCCCCCC(=O)c1c(OC(=O)OCC)n(Cc2ccc(OCC(=O)OCC)cc2)c2ccccc12. The van der Waals surface area contributed by atoms with Gasteiger partial charge < -0.3 is 23.5 Å². The molecular weight excluding hydrogens is 534 g/mol. The van der Waals surface area contributed by atoms with E-state index in [4.69, 9.17) is 18.9 Å². The van der Waals surface area contributed by atoms with Crippen LogP contribution >= 0.6 is 0 Å². The third kappa shape index (κ3) is 9.93. The number of hydrogen-bond acceptors (Lipinski definition) is 7. The number of hydrogen-bond donors (Lipinski definition) is 0. The first-order valence-electron chi connectivity index (χ1n) is 15.3. The van der Waals surface area contributed by atoms with Crippen LogP contribution in [0.5, 0.6) is 11.6 Å². The first-order valence-corrected chi connectivity index (χ1v) is 15.3. The maximum absolute atomic E-state index is 13.6. The summed E-state index contributed by atoms with van der Waals surface area (Å²) in [6, 6.07) is 14.9. The van der Waals surface area contributed by atoms with E-state index in [2.05, 4.69) is 6.92 Å². The number of aromatic nitrogens is 1. The number of nitrogens with zero attached hydrogens (tertiary/aromatic N) is 1. The van der Waals surface area contributed by atoms with E-state index < -0.39 is 12.1 Å².